The summed E-state index contributed by atoms with van der Waals surface area (Å²) in [6.07, 6.45) is 1.61. The van der Waals surface area contributed by atoms with Crippen molar-refractivity contribution in [2.75, 3.05) is 19.8 Å². The maximum absolute atomic E-state index is 8.88. The number of aliphatic hydroxyl groups is 1. The molecular formula is C8H16NO2. The maximum atomic E-state index is 8.88. The number of hydrogen-bond donors (Lipinski definition) is 2. The molecule has 3 heteroatoms. The normalized spacial score (nSPS) is 23.5. The first-order valence-electron chi connectivity index (χ1n) is 4.11. The first kappa shape index (κ1) is 8.97. The van der Waals surface area contributed by atoms with Gasteiger partial charge in [0.15, 0.2) is 0 Å². The molecular weight excluding hydrogens is 142 g/mol. The van der Waals surface area contributed by atoms with Crippen LogP contribution in [-0.4, -0.2) is 37.0 Å². The Morgan fingerprint density at radius 2 is 2.18 bits per heavy atom. The molecule has 0 amide bonds. The predicted octanol–water partition coefficient (Wildman–Crippen LogP) is -0.0500. The Hall–Kier alpha value is -0.120. The Bertz CT molecular complexity index is 100. The summed E-state index contributed by atoms with van der Waals surface area (Å²) >= 11 is 0. The zero-order valence-corrected chi connectivity index (χ0v) is 6.75. The fourth-order valence-electron chi connectivity index (χ4n) is 1.20. The Labute approximate surface area is 67.7 Å². The van der Waals surface area contributed by atoms with Gasteiger partial charge in [0.2, 0.25) is 0 Å². The third kappa shape index (κ3) is 3.70. The molecule has 1 radical (unpaired) electrons. The lowest BCUT2D eigenvalue weighted by atomic mass is 10.1. The summed E-state index contributed by atoms with van der Waals surface area (Å²) in [5.74, 6) is 0. The van der Waals surface area contributed by atoms with Gasteiger partial charge in [-0.1, -0.05) is 0 Å². The highest BCUT2D eigenvalue weighted by atomic mass is 16.5. The van der Waals surface area contributed by atoms with Gasteiger partial charge in [-0.2, -0.15) is 0 Å². The van der Waals surface area contributed by atoms with Crippen molar-refractivity contribution < 1.29 is 9.84 Å². The molecule has 1 saturated heterocycles. The fraction of sp³-hybridized carbons (Fsp3) is 0.875. The summed E-state index contributed by atoms with van der Waals surface area (Å²) in [5, 5.41) is 12.1. The first-order valence-corrected chi connectivity index (χ1v) is 4.11. The standard InChI is InChI=1S/C8H16NO2/c1-7(10)6-9-8-2-4-11-5-3-8/h7-10H,1-6H2. The van der Waals surface area contributed by atoms with Gasteiger partial charge in [0.1, 0.15) is 0 Å². The third-order valence-corrected chi connectivity index (χ3v) is 1.86. The van der Waals surface area contributed by atoms with E-state index >= 15 is 0 Å². The minimum Gasteiger partial charge on any atom is -0.392 e. The van der Waals surface area contributed by atoms with Crippen LogP contribution in [0.1, 0.15) is 12.8 Å². The average Bonchev–Trinajstić information content (AvgIpc) is 2.03. The van der Waals surface area contributed by atoms with E-state index in [1.54, 1.807) is 0 Å². The summed E-state index contributed by atoms with van der Waals surface area (Å²) in [6, 6.07) is 0.514. The van der Waals surface area contributed by atoms with Crippen LogP contribution in [0, 0.1) is 6.92 Å². The monoisotopic (exact) mass is 158 g/mol. The molecule has 1 aliphatic rings. The van der Waals surface area contributed by atoms with E-state index < -0.39 is 6.10 Å². The van der Waals surface area contributed by atoms with Crippen LogP contribution in [0.3, 0.4) is 0 Å². The van der Waals surface area contributed by atoms with Crippen molar-refractivity contribution in [1.29, 1.82) is 0 Å². The number of ether oxygens (including phenoxy) is 1. The molecule has 0 bridgehead atoms. The maximum Gasteiger partial charge on any atom is 0.0665 e. The first-order chi connectivity index (χ1) is 5.29. The Balaban J connectivity index is 2.05. The van der Waals surface area contributed by atoms with Gasteiger partial charge in [-0.3, -0.25) is 0 Å². The van der Waals surface area contributed by atoms with E-state index in [-0.39, 0.29) is 0 Å². The van der Waals surface area contributed by atoms with Gasteiger partial charge in [0.05, 0.1) is 6.10 Å². The van der Waals surface area contributed by atoms with Gasteiger partial charge in [-0.05, 0) is 19.8 Å². The van der Waals surface area contributed by atoms with Gasteiger partial charge in [0.25, 0.3) is 0 Å². The van der Waals surface area contributed by atoms with Crippen LogP contribution in [0.5, 0.6) is 0 Å². The van der Waals surface area contributed by atoms with E-state index in [1.165, 1.54) is 0 Å². The quantitative estimate of drug-likeness (QED) is 0.605. The van der Waals surface area contributed by atoms with Crippen LogP contribution >= 0.6 is 0 Å². The second-order valence-electron chi connectivity index (χ2n) is 2.95. The van der Waals surface area contributed by atoms with Crippen LogP contribution in [0.15, 0.2) is 0 Å². The summed E-state index contributed by atoms with van der Waals surface area (Å²) in [5.41, 5.74) is 0. The van der Waals surface area contributed by atoms with Gasteiger partial charge in [-0.15, -0.1) is 0 Å². The molecule has 0 aromatic carbocycles. The lowest BCUT2D eigenvalue weighted by Gasteiger charge is -2.23. The smallest absolute Gasteiger partial charge is 0.0665 e. The van der Waals surface area contributed by atoms with E-state index in [1.807, 2.05) is 0 Å². The second kappa shape index (κ2) is 4.70. The zero-order valence-electron chi connectivity index (χ0n) is 6.75. The van der Waals surface area contributed by atoms with Gasteiger partial charge in [-0.25, -0.2) is 0 Å². The summed E-state index contributed by atoms with van der Waals surface area (Å²) in [7, 11) is 0. The molecule has 1 atom stereocenters. The van der Waals surface area contributed by atoms with Crippen molar-refractivity contribution >= 4 is 0 Å². The number of hydrogen-bond acceptors (Lipinski definition) is 3. The molecule has 1 rings (SSSR count). The molecule has 0 aromatic heterocycles. The zero-order chi connectivity index (χ0) is 8.10. The summed E-state index contributed by atoms with van der Waals surface area (Å²) < 4.78 is 5.19. The van der Waals surface area contributed by atoms with Crippen LogP contribution < -0.4 is 5.32 Å². The molecule has 1 aliphatic heterocycles. The lowest BCUT2D eigenvalue weighted by Crippen LogP contribution is -2.38. The van der Waals surface area contributed by atoms with E-state index in [0.29, 0.717) is 12.6 Å². The van der Waals surface area contributed by atoms with Crippen molar-refractivity contribution in [3.63, 3.8) is 0 Å². The number of nitrogens with one attached hydrogen (secondary N) is 1. The minimum absolute atomic E-state index is 0.488. The van der Waals surface area contributed by atoms with Gasteiger partial charge < -0.3 is 15.2 Å². The largest absolute Gasteiger partial charge is 0.392 e. The highest BCUT2D eigenvalue weighted by Crippen LogP contribution is 2.05. The predicted molar refractivity (Wildman–Crippen MR) is 43.2 cm³/mol. The second-order valence-corrected chi connectivity index (χ2v) is 2.95. The Morgan fingerprint density at radius 3 is 2.73 bits per heavy atom. The molecule has 1 heterocycles. The van der Waals surface area contributed by atoms with Crippen LogP contribution in [0.2, 0.25) is 0 Å². The average molecular weight is 158 g/mol. The van der Waals surface area contributed by atoms with Crippen LogP contribution in [0.4, 0.5) is 0 Å². The fourth-order valence-corrected chi connectivity index (χ4v) is 1.20. The highest BCUT2D eigenvalue weighted by Gasteiger charge is 2.12. The minimum atomic E-state index is -0.488. The SMILES string of the molecule is [CH2]C(O)CNC1CCOCC1. The van der Waals surface area contributed by atoms with E-state index in [0.717, 1.165) is 26.1 Å². The molecule has 1 unspecified atom stereocenters. The molecule has 11 heavy (non-hydrogen) atoms. The van der Waals surface area contributed by atoms with Crippen molar-refractivity contribution in [1.82, 2.24) is 5.32 Å². The van der Waals surface area contributed by atoms with Gasteiger partial charge in [0, 0.05) is 25.8 Å². The molecule has 3 nitrogen and oxygen atoms in total. The summed E-state index contributed by atoms with van der Waals surface area (Å²) in [4.78, 5) is 0. The van der Waals surface area contributed by atoms with Crippen LogP contribution in [-0.2, 0) is 4.74 Å². The van der Waals surface area contributed by atoms with Crippen molar-refractivity contribution in [2.24, 2.45) is 0 Å². The molecule has 65 valence electrons. The van der Waals surface area contributed by atoms with Gasteiger partial charge >= 0.3 is 0 Å². The van der Waals surface area contributed by atoms with Crippen molar-refractivity contribution in [2.45, 2.75) is 25.0 Å². The van der Waals surface area contributed by atoms with Crippen molar-refractivity contribution in [3.05, 3.63) is 6.92 Å². The third-order valence-electron chi connectivity index (χ3n) is 1.86. The topological polar surface area (TPSA) is 41.5 Å². The van der Waals surface area contributed by atoms with E-state index in [2.05, 4.69) is 12.2 Å². The Kier molecular flexibility index (Phi) is 3.83. The van der Waals surface area contributed by atoms with E-state index in [4.69, 9.17) is 9.84 Å². The Morgan fingerprint density at radius 1 is 1.55 bits per heavy atom. The molecule has 2 N–H and O–H groups in total. The lowest BCUT2D eigenvalue weighted by molar-refractivity contribution is 0.0746. The van der Waals surface area contributed by atoms with Crippen LogP contribution in [0.25, 0.3) is 0 Å². The molecule has 0 aliphatic carbocycles. The number of rotatable bonds is 3. The molecule has 0 aromatic rings. The summed E-state index contributed by atoms with van der Waals surface area (Å²) in [6.45, 7) is 5.75. The van der Waals surface area contributed by atoms with Crippen molar-refractivity contribution in [3.8, 4) is 0 Å². The molecule has 0 spiro atoms. The molecule has 1 fully saturated rings. The molecule has 0 saturated carbocycles. The highest BCUT2D eigenvalue weighted by molar-refractivity contribution is 4.72. The number of aliphatic hydroxyl groups excluding tert-OH is 1. The van der Waals surface area contributed by atoms with E-state index in [9.17, 15) is 0 Å².